The summed E-state index contributed by atoms with van der Waals surface area (Å²) in [5.74, 6) is 0. The number of hydrogen-bond donors (Lipinski definition) is 1. The molecule has 25 heavy (non-hydrogen) atoms. The summed E-state index contributed by atoms with van der Waals surface area (Å²) in [6, 6.07) is 14.8. The highest BCUT2D eigenvalue weighted by atomic mass is 35.5. The predicted molar refractivity (Wildman–Crippen MR) is 91.8 cm³/mol. The van der Waals surface area contributed by atoms with Crippen LogP contribution in [0.25, 0.3) is 16.9 Å². The fraction of sp³-hybridized carbons (Fsp3) is 0.167. The third kappa shape index (κ3) is 3.86. The molecule has 0 saturated heterocycles. The Balaban J connectivity index is 2.10. The molecule has 0 amide bonds. The molecule has 0 radical (unpaired) electrons. The van der Waals surface area contributed by atoms with Gasteiger partial charge in [0.15, 0.2) is 5.69 Å². The average Bonchev–Trinajstić information content (AvgIpc) is 3.02. The minimum Gasteiger partial charge on any atom is -0.330 e. The van der Waals surface area contributed by atoms with Crippen LogP contribution in [0.1, 0.15) is 11.3 Å². The van der Waals surface area contributed by atoms with Gasteiger partial charge < -0.3 is 5.73 Å². The average molecular weight is 366 g/mol. The lowest BCUT2D eigenvalue weighted by Crippen LogP contribution is -2.07. The van der Waals surface area contributed by atoms with E-state index in [9.17, 15) is 13.2 Å². The van der Waals surface area contributed by atoms with E-state index in [4.69, 9.17) is 17.3 Å². The van der Waals surface area contributed by atoms with E-state index in [0.717, 1.165) is 11.6 Å². The zero-order valence-electron chi connectivity index (χ0n) is 13.1. The van der Waals surface area contributed by atoms with Crippen molar-refractivity contribution in [2.45, 2.75) is 12.6 Å². The quantitative estimate of drug-likeness (QED) is 0.727. The summed E-state index contributed by atoms with van der Waals surface area (Å²) in [7, 11) is 0. The Bertz CT molecular complexity index is 853. The molecule has 0 saturated carbocycles. The molecule has 1 aromatic heterocycles. The van der Waals surface area contributed by atoms with Crippen LogP contribution in [0.4, 0.5) is 13.2 Å². The van der Waals surface area contributed by atoms with Gasteiger partial charge in [-0.15, -0.1) is 0 Å². The van der Waals surface area contributed by atoms with Gasteiger partial charge >= 0.3 is 6.18 Å². The number of nitrogens with two attached hydrogens (primary N) is 1. The van der Waals surface area contributed by atoms with Crippen LogP contribution in [0.15, 0.2) is 54.6 Å². The fourth-order valence-electron chi connectivity index (χ4n) is 2.51. The minimum absolute atomic E-state index is 0.356. The lowest BCUT2D eigenvalue weighted by molar-refractivity contribution is -0.141. The largest absolute Gasteiger partial charge is 0.435 e. The summed E-state index contributed by atoms with van der Waals surface area (Å²) in [4.78, 5) is 0. The summed E-state index contributed by atoms with van der Waals surface area (Å²) in [6.07, 6.45) is -3.81. The molecule has 3 rings (SSSR count). The molecule has 3 aromatic rings. The number of benzene rings is 2. The molecule has 0 atom stereocenters. The molecule has 0 unspecified atom stereocenters. The van der Waals surface area contributed by atoms with Crippen molar-refractivity contribution in [1.29, 1.82) is 0 Å². The molecule has 0 aliphatic heterocycles. The molecule has 7 heteroatoms. The molecule has 0 spiro atoms. The Labute approximate surface area is 147 Å². The molecule has 0 fully saturated rings. The van der Waals surface area contributed by atoms with Gasteiger partial charge in [-0.2, -0.15) is 18.3 Å². The van der Waals surface area contributed by atoms with Crippen LogP contribution < -0.4 is 5.73 Å². The summed E-state index contributed by atoms with van der Waals surface area (Å²) in [6.45, 7) is 0.514. The van der Waals surface area contributed by atoms with E-state index in [2.05, 4.69) is 5.10 Å². The Morgan fingerprint density at radius 2 is 1.64 bits per heavy atom. The van der Waals surface area contributed by atoms with E-state index in [1.807, 2.05) is 12.1 Å². The smallest absolute Gasteiger partial charge is 0.330 e. The molecule has 0 aliphatic rings. The maximum absolute atomic E-state index is 13.1. The molecule has 0 aliphatic carbocycles. The standard InChI is InChI=1S/C18H15ClF3N3/c19-14-5-7-15(8-6-14)25-16(11-17(24-25)18(20,21)22)13-3-1-12(2-4-13)9-10-23/h1-8,11H,9-10,23H2. The van der Waals surface area contributed by atoms with Crippen LogP contribution in [-0.4, -0.2) is 16.3 Å². The van der Waals surface area contributed by atoms with E-state index < -0.39 is 11.9 Å². The zero-order chi connectivity index (χ0) is 18.0. The molecule has 0 bridgehead atoms. The summed E-state index contributed by atoms with van der Waals surface area (Å²) < 4.78 is 40.7. The Kier molecular flexibility index (Phi) is 4.83. The second-order valence-corrected chi connectivity index (χ2v) is 5.97. The van der Waals surface area contributed by atoms with Gasteiger partial charge in [0.05, 0.1) is 11.4 Å². The van der Waals surface area contributed by atoms with Gasteiger partial charge in [0.1, 0.15) is 0 Å². The van der Waals surface area contributed by atoms with Gasteiger partial charge in [0.25, 0.3) is 0 Å². The van der Waals surface area contributed by atoms with Gasteiger partial charge in [-0.3, -0.25) is 0 Å². The highest BCUT2D eigenvalue weighted by molar-refractivity contribution is 6.30. The SMILES string of the molecule is NCCc1ccc(-c2cc(C(F)(F)F)nn2-c2ccc(Cl)cc2)cc1. The van der Waals surface area contributed by atoms with Crippen LogP contribution in [-0.2, 0) is 12.6 Å². The van der Waals surface area contributed by atoms with E-state index >= 15 is 0 Å². The predicted octanol–water partition coefficient (Wildman–Crippen LogP) is 4.71. The Hall–Kier alpha value is -2.31. The molecule has 1 heterocycles. The molecule has 2 aromatic carbocycles. The van der Waals surface area contributed by atoms with Gasteiger partial charge in [-0.05, 0) is 48.9 Å². The van der Waals surface area contributed by atoms with Gasteiger partial charge in [-0.25, -0.2) is 4.68 Å². The number of hydrogen-bond acceptors (Lipinski definition) is 2. The first-order valence-electron chi connectivity index (χ1n) is 7.61. The van der Waals surface area contributed by atoms with Gasteiger partial charge in [-0.1, -0.05) is 35.9 Å². The van der Waals surface area contributed by atoms with Gasteiger partial charge in [0, 0.05) is 10.6 Å². The third-order valence-corrected chi connectivity index (χ3v) is 4.01. The third-order valence-electron chi connectivity index (χ3n) is 3.75. The van der Waals surface area contributed by atoms with Crippen molar-refractivity contribution in [1.82, 2.24) is 9.78 Å². The number of halogens is 4. The van der Waals surface area contributed by atoms with E-state index in [-0.39, 0.29) is 0 Å². The van der Waals surface area contributed by atoms with Crippen molar-refractivity contribution in [3.8, 4) is 16.9 Å². The van der Waals surface area contributed by atoms with Crippen LogP contribution >= 0.6 is 11.6 Å². The van der Waals surface area contributed by atoms with Crippen molar-refractivity contribution in [3.63, 3.8) is 0 Å². The van der Waals surface area contributed by atoms with Crippen molar-refractivity contribution in [2.24, 2.45) is 5.73 Å². The highest BCUT2D eigenvalue weighted by Gasteiger charge is 2.35. The first kappa shape index (κ1) is 17.5. The minimum atomic E-state index is -4.52. The zero-order valence-corrected chi connectivity index (χ0v) is 13.8. The molecule has 130 valence electrons. The second kappa shape index (κ2) is 6.90. The van der Waals surface area contributed by atoms with Crippen molar-refractivity contribution in [3.05, 3.63) is 70.9 Å². The van der Waals surface area contributed by atoms with Crippen LogP contribution in [0.3, 0.4) is 0 Å². The normalized spacial score (nSPS) is 11.7. The molecule has 3 nitrogen and oxygen atoms in total. The molecular weight excluding hydrogens is 351 g/mol. The van der Waals surface area contributed by atoms with Crippen molar-refractivity contribution < 1.29 is 13.2 Å². The van der Waals surface area contributed by atoms with Crippen LogP contribution in [0.2, 0.25) is 5.02 Å². The highest BCUT2D eigenvalue weighted by Crippen LogP contribution is 2.33. The summed E-state index contributed by atoms with van der Waals surface area (Å²) >= 11 is 5.86. The topological polar surface area (TPSA) is 43.8 Å². The second-order valence-electron chi connectivity index (χ2n) is 5.54. The van der Waals surface area contributed by atoms with E-state index in [1.54, 1.807) is 36.4 Å². The first-order chi connectivity index (χ1) is 11.9. The number of aromatic nitrogens is 2. The monoisotopic (exact) mass is 365 g/mol. The molecular formula is C18H15ClF3N3. The molecule has 2 N–H and O–H groups in total. The number of alkyl halides is 3. The Morgan fingerprint density at radius 3 is 2.20 bits per heavy atom. The number of nitrogens with zero attached hydrogens (tertiary/aromatic N) is 2. The Morgan fingerprint density at radius 1 is 1.00 bits per heavy atom. The van der Waals surface area contributed by atoms with Crippen LogP contribution in [0.5, 0.6) is 0 Å². The van der Waals surface area contributed by atoms with Gasteiger partial charge in [0.2, 0.25) is 0 Å². The first-order valence-corrected chi connectivity index (χ1v) is 7.99. The summed E-state index contributed by atoms with van der Waals surface area (Å²) in [5, 5.41) is 4.24. The maximum Gasteiger partial charge on any atom is 0.435 e. The lowest BCUT2D eigenvalue weighted by Gasteiger charge is -2.08. The fourth-order valence-corrected chi connectivity index (χ4v) is 2.64. The van der Waals surface area contributed by atoms with E-state index in [1.165, 1.54) is 4.68 Å². The van der Waals surface area contributed by atoms with Crippen LogP contribution in [0, 0.1) is 0 Å². The maximum atomic E-state index is 13.1. The van der Waals surface area contributed by atoms with Crippen molar-refractivity contribution in [2.75, 3.05) is 6.54 Å². The van der Waals surface area contributed by atoms with E-state index in [0.29, 0.717) is 34.9 Å². The van der Waals surface area contributed by atoms with Crippen molar-refractivity contribution >= 4 is 11.6 Å². The lowest BCUT2D eigenvalue weighted by atomic mass is 10.1. The number of rotatable bonds is 4. The summed E-state index contributed by atoms with van der Waals surface area (Å²) in [5.41, 5.74) is 7.10.